The summed E-state index contributed by atoms with van der Waals surface area (Å²) < 4.78 is 5.52. The molecule has 1 saturated heterocycles. The summed E-state index contributed by atoms with van der Waals surface area (Å²) in [5, 5.41) is 7.31. The number of nitrogens with two attached hydrogens (primary N) is 1. The molecule has 5 amide bonds. The number of hydrogen-bond donors (Lipinski definition) is 4. The molecule has 1 saturated carbocycles. The van der Waals surface area contributed by atoms with E-state index in [4.69, 9.17) is 22.1 Å². The average molecular weight is 586 g/mol. The number of esters is 1. The molecule has 0 spiro atoms. The van der Waals surface area contributed by atoms with Crippen molar-refractivity contribution in [2.24, 2.45) is 17.1 Å². The zero-order valence-corrected chi connectivity index (χ0v) is 25.1. The highest BCUT2D eigenvalue weighted by Crippen LogP contribution is 2.30. The van der Waals surface area contributed by atoms with E-state index in [0.29, 0.717) is 12.8 Å². The molecule has 5 N–H and O–H groups in total. The summed E-state index contributed by atoms with van der Waals surface area (Å²) in [7, 11) is 0. The molecule has 2 fully saturated rings. The Bertz CT molecular complexity index is 985. The van der Waals surface area contributed by atoms with Gasteiger partial charge in [0.25, 0.3) is 5.91 Å². The highest BCUT2D eigenvalue weighted by Gasteiger charge is 2.44. The molecule has 13 heteroatoms. The van der Waals surface area contributed by atoms with Gasteiger partial charge in [-0.25, -0.2) is 9.59 Å². The van der Waals surface area contributed by atoms with Crippen molar-refractivity contribution < 1.29 is 33.5 Å². The average Bonchev–Trinajstić information content (AvgIpc) is 3.24. The summed E-state index contributed by atoms with van der Waals surface area (Å²) >= 11 is 6.34. The first-order chi connectivity index (χ1) is 18.4. The summed E-state index contributed by atoms with van der Waals surface area (Å²) in [6.07, 6.45) is 4.33. The lowest BCUT2D eigenvalue weighted by Gasteiger charge is -2.36. The Morgan fingerprint density at radius 2 is 1.57 bits per heavy atom. The fourth-order valence-corrected chi connectivity index (χ4v) is 5.30. The molecule has 12 nitrogen and oxygen atoms in total. The van der Waals surface area contributed by atoms with Crippen LogP contribution in [0.15, 0.2) is 0 Å². The molecule has 1 aliphatic carbocycles. The number of alkyl halides is 1. The smallest absolute Gasteiger partial charge is 0.329 e. The molecule has 4 atom stereocenters. The van der Waals surface area contributed by atoms with Crippen molar-refractivity contribution in [3.63, 3.8) is 0 Å². The number of Topliss-reactive ketones (excluding diaryl/α,β-unsaturated/α-hetero) is 1. The largest absolute Gasteiger partial charge is 0.458 e. The number of ether oxygens (including phenoxy) is 1. The Morgan fingerprint density at radius 1 is 0.975 bits per heavy atom. The van der Waals surface area contributed by atoms with Crippen LogP contribution in [0.4, 0.5) is 4.79 Å². The van der Waals surface area contributed by atoms with Gasteiger partial charge in [-0.2, -0.15) is 0 Å². The molecule has 0 aromatic rings. The van der Waals surface area contributed by atoms with Gasteiger partial charge in [0.1, 0.15) is 23.7 Å². The van der Waals surface area contributed by atoms with Crippen molar-refractivity contribution in [2.45, 2.75) is 109 Å². The number of urea groups is 1. The molecular weight excluding hydrogens is 542 g/mol. The fraction of sp³-hybridized carbons (Fsp3) is 0.778. The van der Waals surface area contributed by atoms with Crippen LogP contribution in [-0.4, -0.2) is 82.6 Å². The van der Waals surface area contributed by atoms with E-state index in [1.807, 2.05) is 0 Å². The lowest BCUT2D eigenvalue weighted by atomic mass is 9.83. The number of primary amides is 1. The molecule has 0 unspecified atom stereocenters. The van der Waals surface area contributed by atoms with Gasteiger partial charge in [0.15, 0.2) is 0 Å². The van der Waals surface area contributed by atoms with E-state index < -0.39 is 76.6 Å². The second kappa shape index (κ2) is 13.6. The normalized spacial score (nSPS) is 21.6. The van der Waals surface area contributed by atoms with E-state index >= 15 is 0 Å². The van der Waals surface area contributed by atoms with Crippen LogP contribution < -0.4 is 21.7 Å². The van der Waals surface area contributed by atoms with Crippen LogP contribution in [0.3, 0.4) is 0 Å². The molecule has 0 aromatic heterocycles. The zero-order valence-electron chi connectivity index (χ0n) is 24.3. The monoisotopic (exact) mass is 585 g/mol. The Balaban J connectivity index is 2.25. The number of nitrogens with one attached hydrogen (secondary N) is 3. The van der Waals surface area contributed by atoms with Gasteiger partial charge in [0, 0.05) is 6.54 Å². The van der Waals surface area contributed by atoms with Crippen LogP contribution in [0.1, 0.15) is 80.1 Å². The maximum atomic E-state index is 13.9. The van der Waals surface area contributed by atoms with Crippen molar-refractivity contribution in [2.75, 3.05) is 13.1 Å². The van der Waals surface area contributed by atoms with Crippen LogP contribution in [-0.2, 0) is 28.7 Å². The summed E-state index contributed by atoms with van der Waals surface area (Å²) in [6.45, 7) is 10.1. The van der Waals surface area contributed by atoms with E-state index in [1.165, 1.54) is 4.90 Å². The predicted octanol–water partition coefficient (Wildman–Crippen LogP) is 1.37. The van der Waals surface area contributed by atoms with Crippen molar-refractivity contribution in [3.8, 4) is 0 Å². The second-order valence-electron chi connectivity index (χ2n) is 12.7. The van der Waals surface area contributed by atoms with E-state index in [2.05, 4.69) is 16.0 Å². The first-order valence-electron chi connectivity index (χ1n) is 13.8. The van der Waals surface area contributed by atoms with Crippen molar-refractivity contribution >= 4 is 47.1 Å². The van der Waals surface area contributed by atoms with Gasteiger partial charge in [-0.1, -0.05) is 40.0 Å². The molecule has 0 aromatic carbocycles. The fourth-order valence-electron chi connectivity index (χ4n) is 4.98. The molecule has 1 aliphatic heterocycles. The van der Waals surface area contributed by atoms with Crippen molar-refractivity contribution in [3.05, 3.63) is 0 Å². The lowest BCUT2D eigenvalue weighted by Crippen LogP contribution is -2.60. The minimum Gasteiger partial charge on any atom is -0.458 e. The Kier molecular flexibility index (Phi) is 11.4. The second-order valence-corrected chi connectivity index (χ2v) is 13.3. The maximum absolute atomic E-state index is 13.9. The van der Waals surface area contributed by atoms with Gasteiger partial charge in [0.2, 0.25) is 17.6 Å². The third kappa shape index (κ3) is 9.64. The molecule has 1 heterocycles. The Labute approximate surface area is 240 Å². The first kappa shape index (κ1) is 33.3. The summed E-state index contributed by atoms with van der Waals surface area (Å²) in [4.78, 5) is 76.9. The zero-order chi connectivity index (χ0) is 30.4. The number of carbonyl (C=O) groups is 6. The minimum atomic E-state index is -1.18. The van der Waals surface area contributed by atoms with Gasteiger partial charge in [0.05, 0.1) is 11.9 Å². The van der Waals surface area contributed by atoms with Gasteiger partial charge >= 0.3 is 12.0 Å². The van der Waals surface area contributed by atoms with Crippen LogP contribution >= 0.6 is 11.6 Å². The van der Waals surface area contributed by atoms with Crippen LogP contribution in [0.25, 0.3) is 0 Å². The van der Waals surface area contributed by atoms with Gasteiger partial charge in [-0.15, -0.1) is 11.6 Å². The summed E-state index contributed by atoms with van der Waals surface area (Å²) in [5.41, 5.74) is 3.51. The molecule has 0 radical (unpaired) electrons. The molecule has 2 aliphatic rings. The molecule has 0 bridgehead atoms. The molecular formula is C27H44ClN5O7. The first-order valence-corrected chi connectivity index (χ1v) is 14.2. The Morgan fingerprint density at radius 3 is 2.10 bits per heavy atom. The highest BCUT2D eigenvalue weighted by molar-refractivity contribution is 6.36. The third-order valence-corrected chi connectivity index (χ3v) is 7.31. The van der Waals surface area contributed by atoms with Crippen LogP contribution in [0.2, 0.25) is 0 Å². The number of likely N-dealkylation sites (tertiary alicyclic amines) is 1. The lowest BCUT2D eigenvalue weighted by molar-refractivity contribution is -0.160. The number of rotatable bonds is 9. The van der Waals surface area contributed by atoms with E-state index in [1.54, 1.807) is 41.5 Å². The molecule has 2 rings (SSSR count). The quantitative estimate of drug-likeness (QED) is 0.179. The number of ketones is 1. The molecule has 226 valence electrons. The highest BCUT2D eigenvalue weighted by atomic mass is 35.5. The topological polar surface area (TPSA) is 177 Å². The number of carbonyl (C=O) groups excluding carboxylic acids is 6. The maximum Gasteiger partial charge on any atom is 0.329 e. The summed E-state index contributed by atoms with van der Waals surface area (Å²) in [6, 6.07) is -3.65. The number of hydrogen-bond acceptors (Lipinski definition) is 7. The molecule has 40 heavy (non-hydrogen) atoms. The van der Waals surface area contributed by atoms with Crippen molar-refractivity contribution in [1.82, 2.24) is 20.9 Å². The SMILES string of the molecule is CC(C)(C)OC(=O)[C@H](NC(=O)N[C@H](C(=O)N1C[C@H](Cl)C[C@H]1C(=O)NCC(=O)C(N)=O)C1CCCCC1)C(C)(C)C. The van der Waals surface area contributed by atoms with E-state index in [9.17, 15) is 28.8 Å². The number of amides is 5. The predicted molar refractivity (Wildman–Crippen MR) is 148 cm³/mol. The Hall–Kier alpha value is -2.89. The van der Waals surface area contributed by atoms with E-state index in [0.717, 1.165) is 19.3 Å². The minimum absolute atomic E-state index is 0.0668. The standard InChI is InChI=1S/C27H44ClN5O7/c1-26(2,3)20(24(38)40-27(4,5)6)32-25(39)31-19(15-10-8-7-9-11-15)23(37)33-14-16(28)12-17(33)22(36)30-13-18(34)21(29)35/h15-17,19-20H,7-14H2,1-6H3,(H2,29,35)(H,30,36)(H2,31,32,39)/t16-,17+,19+,20+/m1/s1. The van der Waals surface area contributed by atoms with Gasteiger partial charge in [-0.3, -0.25) is 19.2 Å². The van der Waals surface area contributed by atoms with Crippen LogP contribution in [0, 0.1) is 11.3 Å². The van der Waals surface area contributed by atoms with Gasteiger partial charge in [-0.05, 0) is 51.4 Å². The number of halogens is 1. The number of nitrogens with zero attached hydrogens (tertiary/aromatic N) is 1. The third-order valence-electron chi connectivity index (χ3n) is 6.99. The van der Waals surface area contributed by atoms with Crippen LogP contribution in [0.5, 0.6) is 0 Å². The summed E-state index contributed by atoms with van der Waals surface area (Å²) in [5.74, 6) is -4.05. The van der Waals surface area contributed by atoms with Gasteiger partial charge < -0.3 is 31.3 Å². The van der Waals surface area contributed by atoms with E-state index in [-0.39, 0.29) is 18.9 Å². The van der Waals surface area contributed by atoms with Crippen molar-refractivity contribution in [1.29, 1.82) is 0 Å².